The molecule has 82 valence electrons. The van der Waals surface area contributed by atoms with Crippen LogP contribution in [0.3, 0.4) is 0 Å². The zero-order chi connectivity index (χ0) is 10.8. The Morgan fingerprint density at radius 1 is 1.43 bits per heavy atom. The molecule has 1 atom stereocenters. The van der Waals surface area contributed by atoms with Crippen LogP contribution in [0.1, 0.15) is 40.0 Å². The Morgan fingerprint density at radius 3 is 2.36 bits per heavy atom. The average molecular weight is 198 g/mol. The maximum atomic E-state index is 10.7. The minimum Gasteiger partial charge on any atom is -0.370 e. The summed E-state index contributed by atoms with van der Waals surface area (Å²) >= 11 is 0. The lowest BCUT2D eigenvalue weighted by Crippen LogP contribution is -2.36. The van der Waals surface area contributed by atoms with E-state index in [-0.39, 0.29) is 11.9 Å². The molecule has 0 radical (unpaired) electrons. The molecule has 0 spiro atoms. The minimum atomic E-state index is -0.223. The first-order valence-corrected chi connectivity index (χ1v) is 5.48. The number of carbonyl (C=O) groups excluding carboxylic acids is 1. The Labute approximate surface area is 86.4 Å². The van der Waals surface area contributed by atoms with Crippen molar-refractivity contribution in [3.63, 3.8) is 0 Å². The monoisotopic (exact) mass is 198 g/mol. The molecule has 1 amide bonds. The fourth-order valence-corrected chi connectivity index (χ4v) is 1.87. The first-order valence-electron chi connectivity index (χ1n) is 5.48. The molecule has 0 aromatic rings. The van der Waals surface area contributed by atoms with Gasteiger partial charge in [0.2, 0.25) is 5.91 Å². The SMILES string of the molecule is CC(CC(N)=O)NCC1(C(C)C)CC1. The zero-order valence-electron chi connectivity index (χ0n) is 9.47. The molecule has 1 aliphatic rings. The molecule has 3 nitrogen and oxygen atoms in total. The van der Waals surface area contributed by atoms with Crippen LogP contribution in [0.5, 0.6) is 0 Å². The lowest BCUT2D eigenvalue weighted by molar-refractivity contribution is -0.118. The van der Waals surface area contributed by atoms with Crippen molar-refractivity contribution in [2.24, 2.45) is 17.1 Å². The highest BCUT2D eigenvalue weighted by Crippen LogP contribution is 2.51. The summed E-state index contributed by atoms with van der Waals surface area (Å²) in [6, 6.07) is 0.212. The largest absolute Gasteiger partial charge is 0.370 e. The number of nitrogens with one attached hydrogen (secondary N) is 1. The van der Waals surface area contributed by atoms with Crippen LogP contribution in [0.4, 0.5) is 0 Å². The van der Waals surface area contributed by atoms with Gasteiger partial charge in [-0.2, -0.15) is 0 Å². The number of hydrogen-bond acceptors (Lipinski definition) is 2. The van der Waals surface area contributed by atoms with Gasteiger partial charge in [-0.15, -0.1) is 0 Å². The standard InChI is InChI=1S/C11H22N2O/c1-8(2)11(4-5-11)7-13-9(3)6-10(12)14/h8-9,13H,4-7H2,1-3H3,(H2,12,14). The molecule has 3 heteroatoms. The molecule has 0 saturated heterocycles. The highest BCUT2D eigenvalue weighted by molar-refractivity contribution is 5.74. The van der Waals surface area contributed by atoms with Crippen molar-refractivity contribution in [3.05, 3.63) is 0 Å². The van der Waals surface area contributed by atoms with E-state index >= 15 is 0 Å². The summed E-state index contributed by atoms with van der Waals surface area (Å²) in [4.78, 5) is 10.7. The highest BCUT2D eigenvalue weighted by Gasteiger charge is 2.44. The van der Waals surface area contributed by atoms with Gasteiger partial charge in [0.25, 0.3) is 0 Å². The summed E-state index contributed by atoms with van der Waals surface area (Å²) in [6.07, 6.45) is 3.08. The molecular formula is C11H22N2O. The van der Waals surface area contributed by atoms with E-state index in [0.717, 1.165) is 12.5 Å². The third kappa shape index (κ3) is 2.98. The first-order chi connectivity index (χ1) is 6.46. The van der Waals surface area contributed by atoms with E-state index in [1.165, 1.54) is 12.8 Å². The van der Waals surface area contributed by atoms with Crippen LogP contribution in [0.25, 0.3) is 0 Å². The van der Waals surface area contributed by atoms with Crippen LogP contribution >= 0.6 is 0 Å². The van der Waals surface area contributed by atoms with Gasteiger partial charge in [-0.25, -0.2) is 0 Å². The molecule has 1 rings (SSSR count). The number of rotatable bonds is 6. The summed E-state index contributed by atoms with van der Waals surface area (Å²) < 4.78 is 0. The van der Waals surface area contributed by atoms with Gasteiger partial charge in [0, 0.05) is 19.0 Å². The van der Waals surface area contributed by atoms with Crippen LogP contribution in [0.2, 0.25) is 0 Å². The van der Waals surface area contributed by atoms with Gasteiger partial charge in [0.05, 0.1) is 0 Å². The highest BCUT2D eigenvalue weighted by atomic mass is 16.1. The van der Waals surface area contributed by atoms with Gasteiger partial charge >= 0.3 is 0 Å². The second kappa shape index (κ2) is 4.30. The van der Waals surface area contributed by atoms with E-state index in [9.17, 15) is 4.79 Å². The quantitative estimate of drug-likeness (QED) is 0.675. The zero-order valence-corrected chi connectivity index (χ0v) is 9.47. The van der Waals surface area contributed by atoms with Gasteiger partial charge in [0.15, 0.2) is 0 Å². The van der Waals surface area contributed by atoms with E-state index in [4.69, 9.17) is 5.73 Å². The maximum absolute atomic E-state index is 10.7. The van der Waals surface area contributed by atoms with Crippen molar-refractivity contribution < 1.29 is 4.79 Å². The molecule has 0 aromatic carbocycles. The van der Waals surface area contributed by atoms with Gasteiger partial charge in [-0.3, -0.25) is 4.79 Å². The van der Waals surface area contributed by atoms with Crippen molar-refractivity contribution in [3.8, 4) is 0 Å². The minimum absolute atomic E-state index is 0.212. The summed E-state index contributed by atoms with van der Waals surface area (Å²) in [5.74, 6) is 0.509. The summed E-state index contributed by atoms with van der Waals surface area (Å²) in [6.45, 7) is 7.58. The van der Waals surface area contributed by atoms with Crippen molar-refractivity contribution in [2.75, 3.05) is 6.54 Å². The van der Waals surface area contributed by atoms with Crippen LogP contribution in [0, 0.1) is 11.3 Å². The maximum Gasteiger partial charge on any atom is 0.218 e. The second-order valence-corrected chi connectivity index (χ2v) is 4.97. The Kier molecular flexibility index (Phi) is 3.53. The Morgan fingerprint density at radius 2 is 2.00 bits per heavy atom. The smallest absolute Gasteiger partial charge is 0.218 e. The summed E-state index contributed by atoms with van der Waals surface area (Å²) in [5, 5.41) is 3.40. The number of primary amides is 1. The second-order valence-electron chi connectivity index (χ2n) is 4.97. The van der Waals surface area contributed by atoms with Crippen molar-refractivity contribution in [1.29, 1.82) is 0 Å². The van der Waals surface area contributed by atoms with E-state index in [0.29, 0.717) is 11.8 Å². The molecule has 1 unspecified atom stereocenters. The first kappa shape index (κ1) is 11.5. The third-order valence-corrected chi connectivity index (χ3v) is 3.43. The van der Waals surface area contributed by atoms with Crippen LogP contribution in [-0.2, 0) is 4.79 Å². The molecule has 1 aliphatic carbocycles. The number of carbonyl (C=O) groups is 1. The van der Waals surface area contributed by atoms with Crippen LogP contribution in [0.15, 0.2) is 0 Å². The van der Waals surface area contributed by atoms with Gasteiger partial charge in [0.1, 0.15) is 0 Å². The fraction of sp³-hybridized carbons (Fsp3) is 0.909. The average Bonchev–Trinajstić information content (AvgIpc) is 2.79. The third-order valence-electron chi connectivity index (χ3n) is 3.43. The Bertz CT molecular complexity index is 209. The Hall–Kier alpha value is -0.570. The van der Waals surface area contributed by atoms with Crippen molar-refractivity contribution >= 4 is 5.91 Å². The van der Waals surface area contributed by atoms with Crippen LogP contribution in [-0.4, -0.2) is 18.5 Å². The molecular weight excluding hydrogens is 176 g/mol. The van der Waals surface area contributed by atoms with Crippen molar-refractivity contribution in [1.82, 2.24) is 5.32 Å². The molecule has 0 heterocycles. The van der Waals surface area contributed by atoms with Gasteiger partial charge < -0.3 is 11.1 Å². The van der Waals surface area contributed by atoms with E-state index in [1.807, 2.05) is 6.92 Å². The van der Waals surface area contributed by atoms with Crippen LogP contribution < -0.4 is 11.1 Å². The number of nitrogens with two attached hydrogens (primary N) is 1. The summed E-state index contributed by atoms with van der Waals surface area (Å²) in [7, 11) is 0. The molecule has 14 heavy (non-hydrogen) atoms. The molecule has 0 bridgehead atoms. The normalized spacial score (nSPS) is 20.9. The topological polar surface area (TPSA) is 55.1 Å². The lowest BCUT2D eigenvalue weighted by atomic mass is 9.92. The number of hydrogen-bond donors (Lipinski definition) is 2. The summed E-state index contributed by atoms with van der Waals surface area (Å²) in [5.41, 5.74) is 5.64. The Balaban J connectivity index is 2.23. The van der Waals surface area contributed by atoms with E-state index in [1.54, 1.807) is 0 Å². The molecule has 3 N–H and O–H groups in total. The molecule has 0 aromatic heterocycles. The molecule has 1 fully saturated rings. The fourth-order valence-electron chi connectivity index (χ4n) is 1.87. The molecule has 1 saturated carbocycles. The van der Waals surface area contributed by atoms with E-state index < -0.39 is 0 Å². The lowest BCUT2D eigenvalue weighted by Gasteiger charge is -2.22. The molecule has 0 aliphatic heterocycles. The predicted octanol–water partition coefficient (Wildman–Crippen LogP) is 1.28. The number of amides is 1. The van der Waals surface area contributed by atoms with Crippen molar-refractivity contribution in [2.45, 2.75) is 46.1 Å². The van der Waals surface area contributed by atoms with E-state index in [2.05, 4.69) is 19.2 Å². The predicted molar refractivity (Wildman–Crippen MR) is 57.8 cm³/mol. The van der Waals surface area contributed by atoms with Gasteiger partial charge in [-0.1, -0.05) is 13.8 Å². The van der Waals surface area contributed by atoms with Gasteiger partial charge in [-0.05, 0) is 31.1 Å².